The van der Waals surface area contributed by atoms with Crippen LogP contribution in [0, 0.1) is 13.8 Å². The van der Waals surface area contributed by atoms with Gasteiger partial charge >= 0.3 is 0 Å². The van der Waals surface area contributed by atoms with Crippen molar-refractivity contribution in [3.05, 3.63) is 29.6 Å². The number of aromatic nitrogens is 2. The summed E-state index contributed by atoms with van der Waals surface area (Å²) >= 11 is 0. The molecule has 1 atom stereocenters. The third-order valence-corrected chi connectivity index (χ3v) is 2.34. The summed E-state index contributed by atoms with van der Waals surface area (Å²) in [5.74, 6) is 0. The summed E-state index contributed by atoms with van der Waals surface area (Å²) in [6, 6.07) is 0. The quantitative estimate of drug-likeness (QED) is 0.708. The summed E-state index contributed by atoms with van der Waals surface area (Å²) in [5.41, 5.74) is 3.22. The van der Waals surface area contributed by atoms with Crippen LogP contribution in [0.4, 0.5) is 0 Å². The molecule has 0 aliphatic heterocycles. The van der Waals surface area contributed by atoms with Gasteiger partial charge in [-0.3, -0.25) is 4.68 Å². The molecule has 1 unspecified atom stereocenters. The normalized spacial score (nSPS) is 12.9. The molecule has 0 amide bonds. The van der Waals surface area contributed by atoms with Crippen molar-refractivity contribution in [2.24, 2.45) is 7.05 Å². The van der Waals surface area contributed by atoms with Crippen LogP contribution in [-0.4, -0.2) is 21.0 Å². The fraction of sp³-hybridized carbons (Fsp3) is 0.500. The lowest BCUT2D eigenvalue weighted by atomic mass is 10.1. The van der Waals surface area contributed by atoms with Crippen LogP contribution in [0.15, 0.2) is 12.7 Å². The molecule has 0 fully saturated rings. The minimum atomic E-state index is -0.471. The van der Waals surface area contributed by atoms with Crippen LogP contribution in [0.1, 0.15) is 17.0 Å². The minimum absolute atomic E-state index is 0.471. The van der Waals surface area contributed by atoms with E-state index >= 15 is 0 Å². The van der Waals surface area contributed by atoms with E-state index in [9.17, 15) is 5.11 Å². The van der Waals surface area contributed by atoms with E-state index in [1.807, 2.05) is 25.6 Å². The molecule has 1 aromatic heterocycles. The van der Waals surface area contributed by atoms with E-state index < -0.39 is 6.10 Å². The Morgan fingerprint density at radius 1 is 1.62 bits per heavy atom. The molecule has 0 aliphatic rings. The van der Waals surface area contributed by atoms with Crippen LogP contribution in [0.2, 0.25) is 0 Å². The SMILES string of the molecule is C=CC(O)Cc1c(C)nn(C)c1C. The van der Waals surface area contributed by atoms with Crippen molar-refractivity contribution in [3.8, 4) is 0 Å². The zero-order valence-electron chi connectivity index (χ0n) is 8.41. The standard InChI is InChI=1S/C10H16N2O/c1-5-9(13)6-10-7(2)11-12(4)8(10)3/h5,9,13H,1,6H2,2-4H3. The molecule has 1 rings (SSSR count). The molecular formula is C10H16N2O. The van der Waals surface area contributed by atoms with Crippen LogP contribution in [-0.2, 0) is 13.5 Å². The van der Waals surface area contributed by atoms with Gasteiger partial charge in [0.25, 0.3) is 0 Å². The molecule has 0 aliphatic carbocycles. The van der Waals surface area contributed by atoms with Gasteiger partial charge in [0, 0.05) is 19.2 Å². The number of nitrogens with zero attached hydrogens (tertiary/aromatic N) is 2. The maximum Gasteiger partial charge on any atom is 0.0759 e. The van der Waals surface area contributed by atoms with E-state index in [0.29, 0.717) is 6.42 Å². The Balaban J connectivity index is 2.93. The predicted molar refractivity (Wildman–Crippen MR) is 52.6 cm³/mol. The largest absolute Gasteiger partial charge is 0.389 e. The lowest BCUT2D eigenvalue weighted by molar-refractivity contribution is 0.224. The first-order valence-corrected chi connectivity index (χ1v) is 4.36. The van der Waals surface area contributed by atoms with Crippen LogP contribution in [0.5, 0.6) is 0 Å². The van der Waals surface area contributed by atoms with Crippen LogP contribution in [0.25, 0.3) is 0 Å². The molecule has 1 N–H and O–H groups in total. The maximum atomic E-state index is 9.41. The Bertz CT molecular complexity index is 315. The van der Waals surface area contributed by atoms with Crippen molar-refractivity contribution >= 4 is 0 Å². The highest BCUT2D eigenvalue weighted by molar-refractivity contribution is 5.25. The summed E-state index contributed by atoms with van der Waals surface area (Å²) in [7, 11) is 1.91. The first kappa shape index (κ1) is 9.99. The van der Waals surface area contributed by atoms with Crippen molar-refractivity contribution in [1.82, 2.24) is 9.78 Å². The first-order valence-electron chi connectivity index (χ1n) is 4.36. The van der Waals surface area contributed by atoms with Gasteiger partial charge in [-0.1, -0.05) is 6.08 Å². The van der Waals surface area contributed by atoms with Gasteiger partial charge in [-0.15, -0.1) is 6.58 Å². The zero-order chi connectivity index (χ0) is 10.0. The summed E-state index contributed by atoms with van der Waals surface area (Å²) in [4.78, 5) is 0. The summed E-state index contributed by atoms with van der Waals surface area (Å²) < 4.78 is 1.83. The Labute approximate surface area is 78.7 Å². The number of aryl methyl sites for hydroxylation is 2. The number of aliphatic hydroxyl groups excluding tert-OH is 1. The first-order chi connectivity index (χ1) is 6.06. The van der Waals surface area contributed by atoms with Gasteiger partial charge < -0.3 is 5.11 Å². The van der Waals surface area contributed by atoms with Crippen LogP contribution in [0.3, 0.4) is 0 Å². The van der Waals surface area contributed by atoms with Crippen molar-refractivity contribution in [3.63, 3.8) is 0 Å². The second kappa shape index (κ2) is 3.75. The van der Waals surface area contributed by atoms with Gasteiger partial charge in [-0.2, -0.15) is 5.10 Å². The average Bonchev–Trinajstić information content (AvgIpc) is 2.32. The fourth-order valence-corrected chi connectivity index (χ4v) is 1.41. The summed E-state index contributed by atoms with van der Waals surface area (Å²) in [6.45, 7) is 7.51. The molecule has 3 nitrogen and oxygen atoms in total. The third kappa shape index (κ3) is 1.98. The highest BCUT2D eigenvalue weighted by Gasteiger charge is 2.11. The van der Waals surface area contributed by atoms with Gasteiger partial charge in [-0.25, -0.2) is 0 Å². The van der Waals surface area contributed by atoms with E-state index in [2.05, 4.69) is 11.7 Å². The molecule has 1 aromatic rings. The summed E-state index contributed by atoms with van der Waals surface area (Å²) in [6.07, 6.45) is 1.68. The maximum absolute atomic E-state index is 9.41. The van der Waals surface area contributed by atoms with E-state index in [1.54, 1.807) is 6.08 Å². The molecule has 13 heavy (non-hydrogen) atoms. The van der Waals surface area contributed by atoms with E-state index in [-0.39, 0.29) is 0 Å². The Morgan fingerprint density at radius 3 is 2.62 bits per heavy atom. The number of hydrogen-bond acceptors (Lipinski definition) is 2. The van der Waals surface area contributed by atoms with E-state index in [4.69, 9.17) is 0 Å². The molecule has 72 valence electrons. The van der Waals surface area contributed by atoms with E-state index in [1.165, 1.54) is 0 Å². The predicted octanol–water partition coefficient (Wildman–Crippen LogP) is 1.13. The Hall–Kier alpha value is -1.09. The molecule has 0 radical (unpaired) electrons. The lowest BCUT2D eigenvalue weighted by Gasteiger charge is -2.05. The topological polar surface area (TPSA) is 38.1 Å². The van der Waals surface area contributed by atoms with Crippen molar-refractivity contribution in [2.75, 3.05) is 0 Å². The van der Waals surface area contributed by atoms with Crippen molar-refractivity contribution in [1.29, 1.82) is 0 Å². The fourth-order valence-electron chi connectivity index (χ4n) is 1.41. The van der Waals surface area contributed by atoms with Gasteiger partial charge in [0.15, 0.2) is 0 Å². The summed E-state index contributed by atoms with van der Waals surface area (Å²) in [5, 5.41) is 13.7. The smallest absolute Gasteiger partial charge is 0.0759 e. The molecule has 0 aromatic carbocycles. The van der Waals surface area contributed by atoms with Gasteiger partial charge in [-0.05, 0) is 19.4 Å². The van der Waals surface area contributed by atoms with E-state index in [0.717, 1.165) is 17.0 Å². The Kier molecular flexibility index (Phi) is 2.88. The molecule has 3 heteroatoms. The second-order valence-electron chi connectivity index (χ2n) is 3.28. The minimum Gasteiger partial charge on any atom is -0.389 e. The highest BCUT2D eigenvalue weighted by atomic mass is 16.3. The Morgan fingerprint density at radius 2 is 2.23 bits per heavy atom. The highest BCUT2D eigenvalue weighted by Crippen LogP contribution is 2.14. The van der Waals surface area contributed by atoms with Gasteiger partial charge in [0.1, 0.15) is 0 Å². The third-order valence-electron chi connectivity index (χ3n) is 2.34. The molecular weight excluding hydrogens is 164 g/mol. The zero-order valence-corrected chi connectivity index (χ0v) is 8.41. The average molecular weight is 180 g/mol. The van der Waals surface area contributed by atoms with Crippen molar-refractivity contribution < 1.29 is 5.11 Å². The molecule has 0 spiro atoms. The van der Waals surface area contributed by atoms with Crippen LogP contribution < -0.4 is 0 Å². The molecule has 0 bridgehead atoms. The van der Waals surface area contributed by atoms with Gasteiger partial charge in [0.2, 0.25) is 0 Å². The number of hydrogen-bond donors (Lipinski definition) is 1. The molecule has 0 saturated carbocycles. The lowest BCUT2D eigenvalue weighted by Crippen LogP contribution is -2.07. The van der Waals surface area contributed by atoms with Crippen LogP contribution >= 0.6 is 0 Å². The molecule has 1 heterocycles. The number of aliphatic hydroxyl groups is 1. The number of rotatable bonds is 3. The van der Waals surface area contributed by atoms with Crippen molar-refractivity contribution in [2.45, 2.75) is 26.4 Å². The monoisotopic (exact) mass is 180 g/mol. The van der Waals surface area contributed by atoms with Gasteiger partial charge in [0.05, 0.1) is 11.8 Å². The molecule has 0 saturated heterocycles. The second-order valence-corrected chi connectivity index (χ2v) is 3.28.